The fourth-order valence-electron chi connectivity index (χ4n) is 1.59. The summed E-state index contributed by atoms with van der Waals surface area (Å²) in [6.07, 6.45) is 0. The van der Waals surface area contributed by atoms with E-state index in [1.54, 1.807) is 11.3 Å². The zero-order valence-corrected chi connectivity index (χ0v) is 16.3. The second kappa shape index (κ2) is 10.4. The van der Waals surface area contributed by atoms with Crippen molar-refractivity contribution in [1.29, 1.82) is 0 Å². The predicted octanol–water partition coefficient (Wildman–Crippen LogP) is 4.07. The first kappa shape index (κ1) is 19.7. The minimum Gasteiger partial charge on any atom is -0.357 e. The molecule has 0 aliphatic rings. The number of hydrogen-bond acceptors (Lipinski definition) is 2. The molecule has 20 heavy (non-hydrogen) atoms. The molecule has 0 aliphatic carbocycles. The van der Waals surface area contributed by atoms with Crippen molar-refractivity contribution in [2.24, 2.45) is 10.9 Å². The topological polar surface area (TPSA) is 36.4 Å². The minimum atomic E-state index is 0. The quantitative estimate of drug-likeness (QED) is 0.422. The number of halogens is 1. The van der Waals surface area contributed by atoms with Crippen LogP contribution in [-0.4, -0.2) is 25.1 Å². The van der Waals surface area contributed by atoms with Gasteiger partial charge in [0, 0.05) is 25.0 Å². The van der Waals surface area contributed by atoms with E-state index >= 15 is 0 Å². The van der Waals surface area contributed by atoms with E-state index in [9.17, 15) is 0 Å². The molecule has 0 saturated carbocycles. The van der Waals surface area contributed by atoms with Gasteiger partial charge in [-0.15, -0.1) is 24.0 Å². The van der Waals surface area contributed by atoms with Gasteiger partial charge in [0.15, 0.2) is 5.96 Å². The van der Waals surface area contributed by atoms with Crippen LogP contribution in [0.25, 0.3) is 0 Å². The van der Waals surface area contributed by atoms with Crippen LogP contribution in [-0.2, 0) is 0 Å². The molecule has 0 aliphatic heterocycles. The van der Waals surface area contributed by atoms with Gasteiger partial charge < -0.3 is 10.6 Å². The van der Waals surface area contributed by atoms with Gasteiger partial charge >= 0.3 is 0 Å². The van der Waals surface area contributed by atoms with E-state index in [4.69, 9.17) is 4.99 Å². The molecule has 2 unspecified atom stereocenters. The average Bonchev–Trinajstić information content (AvgIpc) is 2.89. The summed E-state index contributed by atoms with van der Waals surface area (Å²) in [6.45, 7) is 12.7. The first-order chi connectivity index (χ1) is 9.04. The molecule has 2 atom stereocenters. The Bertz CT molecular complexity index is 376. The summed E-state index contributed by atoms with van der Waals surface area (Å²) in [7, 11) is 0. The standard InChI is InChI=1S/C15H27N3S.HI/c1-6-16-15(18-13(5)11(2)3)17-9-12(4)14-7-8-19-10-14;/h7-8,10-13H,6,9H2,1-5H3,(H2,16,17,18);1H. The van der Waals surface area contributed by atoms with Crippen molar-refractivity contribution >= 4 is 41.3 Å². The summed E-state index contributed by atoms with van der Waals surface area (Å²) in [5, 5.41) is 11.1. The lowest BCUT2D eigenvalue weighted by molar-refractivity contribution is 0.480. The molecule has 0 amide bonds. The van der Waals surface area contributed by atoms with Crippen LogP contribution < -0.4 is 10.6 Å². The van der Waals surface area contributed by atoms with E-state index in [1.807, 2.05) is 0 Å². The van der Waals surface area contributed by atoms with Crippen molar-refractivity contribution in [1.82, 2.24) is 10.6 Å². The smallest absolute Gasteiger partial charge is 0.191 e. The molecule has 0 spiro atoms. The van der Waals surface area contributed by atoms with E-state index in [0.29, 0.717) is 17.9 Å². The monoisotopic (exact) mass is 409 g/mol. The summed E-state index contributed by atoms with van der Waals surface area (Å²) in [5.41, 5.74) is 1.38. The lowest BCUT2D eigenvalue weighted by Crippen LogP contribution is -2.44. The maximum absolute atomic E-state index is 4.69. The Morgan fingerprint density at radius 1 is 1.30 bits per heavy atom. The van der Waals surface area contributed by atoms with Gasteiger partial charge in [0.1, 0.15) is 0 Å². The molecule has 5 heteroatoms. The third-order valence-electron chi connectivity index (χ3n) is 3.34. The van der Waals surface area contributed by atoms with E-state index in [1.165, 1.54) is 5.56 Å². The zero-order chi connectivity index (χ0) is 14.3. The second-order valence-corrected chi connectivity index (χ2v) is 6.13. The van der Waals surface area contributed by atoms with Crippen molar-refractivity contribution in [3.63, 3.8) is 0 Å². The van der Waals surface area contributed by atoms with Crippen molar-refractivity contribution in [2.75, 3.05) is 13.1 Å². The van der Waals surface area contributed by atoms with Crippen molar-refractivity contribution in [3.8, 4) is 0 Å². The summed E-state index contributed by atoms with van der Waals surface area (Å²) in [6, 6.07) is 2.61. The highest BCUT2D eigenvalue weighted by Gasteiger charge is 2.10. The summed E-state index contributed by atoms with van der Waals surface area (Å²) in [5.74, 6) is 1.99. The number of nitrogens with one attached hydrogen (secondary N) is 2. The molecule has 0 aromatic carbocycles. The molecular formula is C15H28IN3S. The fourth-order valence-corrected chi connectivity index (χ4v) is 2.37. The second-order valence-electron chi connectivity index (χ2n) is 5.35. The fraction of sp³-hybridized carbons (Fsp3) is 0.667. The number of hydrogen-bond donors (Lipinski definition) is 2. The molecule has 1 rings (SSSR count). The van der Waals surface area contributed by atoms with Crippen molar-refractivity contribution < 1.29 is 0 Å². The third-order valence-corrected chi connectivity index (χ3v) is 4.05. The van der Waals surface area contributed by atoms with Crippen LogP contribution in [0.1, 0.15) is 46.1 Å². The van der Waals surface area contributed by atoms with Crippen LogP contribution in [0.4, 0.5) is 0 Å². The van der Waals surface area contributed by atoms with Gasteiger partial charge in [-0.25, -0.2) is 0 Å². The normalized spacial score (nSPS) is 14.6. The Kier molecular flexibility index (Phi) is 10.3. The molecule has 2 N–H and O–H groups in total. The predicted molar refractivity (Wildman–Crippen MR) is 102 cm³/mol. The van der Waals surface area contributed by atoms with E-state index < -0.39 is 0 Å². The molecule has 0 saturated heterocycles. The molecule has 116 valence electrons. The highest BCUT2D eigenvalue weighted by molar-refractivity contribution is 14.0. The summed E-state index contributed by atoms with van der Waals surface area (Å²) in [4.78, 5) is 4.69. The number of thiophene rings is 1. The van der Waals surface area contributed by atoms with Gasteiger partial charge in [0.25, 0.3) is 0 Å². The van der Waals surface area contributed by atoms with Crippen LogP contribution in [0, 0.1) is 5.92 Å². The Balaban J connectivity index is 0.00000361. The van der Waals surface area contributed by atoms with Gasteiger partial charge in [0.2, 0.25) is 0 Å². The van der Waals surface area contributed by atoms with Crippen molar-refractivity contribution in [2.45, 2.75) is 46.6 Å². The molecule has 0 bridgehead atoms. The number of nitrogens with zero attached hydrogens (tertiary/aromatic N) is 1. The first-order valence-corrected chi connectivity index (χ1v) is 8.05. The Labute approximate surface area is 144 Å². The average molecular weight is 409 g/mol. The molecule has 3 nitrogen and oxygen atoms in total. The molecule has 0 radical (unpaired) electrons. The lowest BCUT2D eigenvalue weighted by Gasteiger charge is -2.21. The van der Waals surface area contributed by atoms with Gasteiger partial charge in [-0.2, -0.15) is 11.3 Å². The molecule has 0 fully saturated rings. The van der Waals surface area contributed by atoms with Crippen LogP contribution in [0.5, 0.6) is 0 Å². The van der Waals surface area contributed by atoms with Gasteiger partial charge in [-0.05, 0) is 42.2 Å². The maximum atomic E-state index is 4.69. The summed E-state index contributed by atoms with van der Waals surface area (Å²) >= 11 is 1.75. The first-order valence-electron chi connectivity index (χ1n) is 7.11. The van der Waals surface area contributed by atoms with Gasteiger partial charge in [0.05, 0.1) is 0 Å². The van der Waals surface area contributed by atoms with Crippen LogP contribution in [0.3, 0.4) is 0 Å². The Morgan fingerprint density at radius 3 is 2.50 bits per heavy atom. The van der Waals surface area contributed by atoms with Crippen LogP contribution >= 0.6 is 35.3 Å². The highest BCUT2D eigenvalue weighted by atomic mass is 127. The zero-order valence-electron chi connectivity index (χ0n) is 13.1. The van der Waals surface area contributed by atoms with Crippen LogP contribution in [0.2, 0.25) is 0 Å². The molecule has 1 heterocycles. The molecular weight excluding hydrogens is 381 g/mol. The van der Waals surface area contributed by atoms with E-state index in [0.717, 1.165) is 19.0 Å². The summed E-state index contributed by atoms with van der Waals surface area (Å²) < 4.78 is 0. The van der Waals surface area contributed by atoms with Gasteiger partial charge in [-0.1, -0.05) is 20.8 Å². The Hall–Kier alpha value is -0.300. The van der Waals surface area contributed by atoms with E-state index in [2.05, 4.69) is 62.1 Å². The number of aliphatic imine (C=N–C) groups is 1. The van der Waals surface area contributed by atoms with Gasteiger partial charge in [-0.3, -0.25) is 4.99 Å². The van der Waals surface area contributed by atoms with Crippen LogP contribution in [0.15, 0.2) is 21.8 Å². The highest BCUT2D eigenvalue weighted by Crippen LogP contribution is 2.18. The Morgan fingerprint density at radius 2 is 2.00 bits per heavy atom. The number of rotatable bonds is 6. The maximum Gasteiger partial charge on any atom is 0.191 e. The minimum absolute atomic E-state index is 0. The lowest BCUT2D eigenvalue weighted by atomic mass is 10.1. The third kappa shape index (κ3) is 6.92. The van der Waals surface area contributed by atoms with E-state index in [-0.39, 0.29) is 24.0 Å². The molecule has 1 aromatic rings. The SMILES string of the molecule is CCNC(=NCC(C)c1ccsc1)NC(C)C(C)C.I. The molecule has 1 aromatic heterocycles. The largest absolute Gasteiger partial charge is 0.357 e. The number of guanidine groups is 1. The van der Waals surface area contributed by atoms with Crippen molar-refractivity contribution in [3.05, 3.63) is 22.4 Å².